The smallest absolute Gasteiger partial charge is 0.255 e. The predicted molar refractivity (Wildman–Crippen MR) is 165 cm³/mol. The van der Waals surface area contributed by atoms with Gasteiger partial charge >= 0.3 is 0 Å². The average Bonchev–Trinajstić information content (AvgIpc) is 3.37. The van der Waals surface area contributed by atoms with Crippen molar-refractivity contribution in [3.63, 3.8) is 0 Å². The van der Waals surface area contributed by atoms with Crippen LogP contribution in [0.4, 0.5) is 0 Å². The Morgan fingerprint density at radius 2 is 1.40 bits per heavy atom. The Labute approximate surface area is 253 Å². The number of benzene rings is 3. The Morgan fingerprint density at radius 3 is 2.02 bits per heavy atom. The third kappa shape index (κ3) is 5.52. The molecule has 0 radical (unpaired) electrons. The van der Waals surface area contributed by atoms with E-state index in [1.807, 2.05) is 12.1 Å². The van der Waals surface area contributed by atoms with Crippen molar-refractivity contribution < 1.29 is 14.4 Å². The van der Waals surface area contributed by atoms with E-state index in [9.17, 15) is 14.4 Å². The van der Waals surface area contributed by atoms with E-state index in [0.717, 1.165) is 38.3 Å². The Morgan fingerprint density at radius 1 is 0.767 bits per heavy atom. The van der Waals surface area contributed by atoms with E-state index in [-0.39, 0.29) is 24.1 Å². The fourth-order valence-electron chi connectivity index (χ4n) is 7.87. The molecule has 0 aliphatic carbocycles. The summed E-state index contributed by atoms with van der Waals surface area (Å²) < 4.78 is 0. The highest BCUT2D eigenvalue weighted by molar-refractivity contribution is 6.05. The standard InChI is InChI=1S/C36H40N4O3/c41-32-15-14-31(34(42)37-32)40-25-30-28(12-7-13-29(30)35(40)43)24-38-20-16-36(17-21-38)18-22-39(23-19-36)33(26-8-3-1-4-9-26)27-10-5-2-6-11-27/h1-13,31,33H,14-25H2,(H,37,41,42). The van der Waals surface area contributed by atoms with Gasteiger partial charge in [-0.1, -0.05) is 72.8 Å². The summed E-state index contributed by atoms with van der Waals surface area (Å²) in [4.78, 5) is 44.3. The molecule has 1 N–H and O–H groups in total. The largest absolute Gasteiger partial charge is 0.322 e. The third-order valence-corrected chi connectivity index (χ3v) is 10.4. The molecular weight excluding hydrogens is 536 g/mol. The summed E-state index contributed by atoms with van der Waals surface area (Å²) in [5.74, 6) is -0.711. The lowest BCUT2D eigenvalue weighted by Gasteiger charge is -2.48. The molecule has 222 valence electrons. The number of likely N-dealkylation sites (tertiary alicyclic amines) is 2. The van der Waals surface area contributed by atoms with Gasteiger partial charge in [-0.3, -0.25) is 29.5 Å². The molecule has 3 fully saturated rings. The van der Waals surface area contributed by atoms with Gasteiger partial charge in [0, 0.05) is 25.1 Å². The number of imide groups is 1. The number of nitrogens with one attached hydrogen (secondary N) is 1. The van der Waals surface area contributed by atoms with Crippen LogP contribution in [-0.4, -0.2) is 64.6 Å². The van der Waals surface area contributed by atoms with E-state index < -0.39 is 6.04 Å². The number of amides is 3. The third-order valence-electron chi connectivity index (χ3n) is 10.4. The molecule has 7 nitrogen and oxygen atoms in total. The van der Waals surface area contributed by atoms with E-state index in [1.54, 1.807) is 4.90 Å². The summed E-state index contributed by atoms with van der Waals surface area (Å²) in [6, 6.07) is 27.5. The van der Waals surface area contributed by atoms with E-state index in [1.165, 1.54) is 42.4 Å². The van der Waals surface area contributed by atoms with Crippen molar-refractivity contribution in [3.05, 3.63) is 107 Å². The van der Waals surface area contributed by atoms with Crippen molar-refractivity contribution in [2.45, 2.75) is 63.7 Å². The van der Waals surface area contributed by atoms with Gasteiger partial charge in [-0.15, -0.1) is 0 Å². The minimum atomic E-state index is -0.574. The number of carbonyl (C=O) groups excluding carboxylic acids is 3. The maximum Gasteiger partial charge on any atom is 0.255 e. The van der Waals surface area contributed by atoms with Crippen LogP contribution in [0.5, 0.6) is 0 Å². The van der Waals surface area contributed by atoms with Crippen LogP contribution in [0.1, 0.15) is 77.2 Å². The van der Waals surface area contributed by atoms with Crippen LogP contribution < -0.4 is 5.32 Å². The van der Waals surface area contributed by atoms with Crippen molar-refractivity contribution in [2.24, 2.45) is 5.41 Å². The van der Waals surface area contributed by atoms with Crippen LogP contribution in [0.2, 0.25) is 0 Å². The summed E-state index contributed by atoms with van der Waals surface area (Å²) in [7, 11) is 0. The number of hydrogen-bond donors (Lipinski definition) is 1. The minimum absolute atomic E-state index is 0.0972. The summed E-state index contributed by atoms with van der Waals surface area (Å²) >= 11 is 0. The first kappa shape index (κ1) is 28.0. The van der Waals surface area contributed by atoms with Gasteiger partial charge in [0.05, 0.1) is 6.04 Å². The fraction of sp³-hybridized carbons (Fsp3) is 0.417. The zero-order valence-electron chi connectivity index (χ0n) is 24.7. The monoisotopic (exact) mass is 576 g/mol. The van der Waals surface area contributed by atoms with Crippen LogP contribution in [0.15, 0.2) is 78.9 Å². The number of piperidine rings is 3. The van der Waals surface area contributed by atoms with Crippen molar-refractivity contribution in [2.75, 3.05) is 26.2 Å². The van der Waals surface area contributed by atoms with Gasteiger partial charge < -0.3 is 4.90 Å². The maximum atomic E-state index is 13.3. The van der Waals surface area contributed by atoms with Crippen LogP contribution in [0.25, 0.3) is 0 Å². The fourth-order valence-corrected chi connectivity index (χ4v) is 7.87. The lowest BCUT2D eigenvalue weighted by atomic mass is 9.70. The normalized spacial score (nSPS) is 22.7. The molecule has 4 aliphatic rings. The van der Waals surface area contributed by atoms with E-state index in [0.29, 0.717) is 30.0 Å². The number of rotatable bonds is 6. The Kier molecular flexibility index (Phi) is 7.62. The highest BCUT2D eigenvalue weighted by Crippen LogP contribution is 2.44. The second kappa shape index (κ2) is 11.7. The molecule has 7 heteroatoms. The van der Waals surface area contributed by atoms with Crippen molar-refractivity contribution in [1.82, 2.24) is 20.0 Å². The van der Waals surface area contributed by atoms with Crippen molar-refractivity contribution in [3.8, 4) is 0 Å². The molecule has 3 aromatic rings. The second-order valence-corrected chi connectivity index (χ2v) is 12.9. The number of fused-ring (bicyclic) bond motifs is 1. The molecule has 4 aliphatic heterocycles. The van der Waals surface area contributed by atoms with Crippen molar-refractivity contribution >= 4 is 17.7 Å². The van der Waals surface area contributed by atoms with Gasteiger partial charge in [0.15, 0.2) is 0 Å². The zero-order valence-corrected chi connectivity index (χ0v) is 24.7. The lowest BCUT2D eigenvalue weighted by molar-refractivity contribution is -0.136. The first-order chi connectivity index (χ1) is 21.0. The lowest BCUT2D eigenvalue weighted by Crippen LogP contribution is -2.52. The minimum Gasteiger partial charge on any atom is -0.322 e. The topological polar surface area (TPSA) is 73.0 Å². The zero-order chi connectivity index (χ0) is 29.4. The van der Waals surface area contributed by atoms with Gasteiger partial charge in [0.25, 0.3) is 5.91 Å². The van der Waals surface area contributed by atoms with Gasteiger partial charge in [-0.25, -0.2) is 0 Å². The predicted octanol–water partition coefficient (Wildman–Crippen LogP) is 4.92. The highest BCUT2D eigenvalue weighted by atomic mass is 16.2. The number of hydrogen-bond acceptors (Lipinski definition) is 5. The number of carbonyl (C=O) groups is 3. The molecule has 0 aromatic heterocycles. The van der Waals surface area contributed by atoms with E-state index >= 15 is 0 Å². The summed E-state index contributed by atoms with van der Waals surface area (Å²) in [5.41, 5.74) is 6.06. The molecule has 0 saturated carbocycles. The van der Waals surface area contributed by atoms with Crippen LogP contribution in [0, 0.1) is 5.41 Å². The van der Waals surface area contributed by atoms with Crippen LogP contribution >= 0.6 is 0 Å². The van der Waals surface area contributed by atoms with E-state index in [2.05, 4.69) is 81.8 Å². The SMILES string of the molecule is O=C1CCC(N2Cc3c(CN4CCC5(CC4)CCN(C(c4ccccc4)c4ccccc4)CC5)cccc3C2=O)C(=O)N1. The molecule has 43 heavy (non-hydrogen) atoms. The van der Waals surface area contributed by atoms with Crippen LogP contribution in [-0.2, 0) is 22.7 Å². The van der Waals surface area contributed by atoms with Crippen LogP contribution in [0.3, 0.4) is 0 Å². The molecule has 3 amide bonds. The molecule has 1 atom stereocenters. The second-order valence-electron chi connectivity index (χ2n) is 12.9. The molecule has 4 heterocycles. The summed E-state index contributed by atoms with van der Waals surface area (Å²) in [5, 5.41) is 2.40. The molecular formula is C36H40N4O3. The van der Waals surface area contributed by atoms with Crippen molar-refractivity contribution in [1.29, 1.82) is 0 Å². The number of nitrogens with zero attached hydrogens (tertiary/aromatic N) is 3. The summed E-state index contributed by atoms with van der Waals surface area (Å²) in [6.45, 7) is 5.61. The quantitative estimate of drug-likeness (QED) is 0.422. The first-order valence-electron chi connectivity index (χ1n) is 15.8. The van der Waals surface area contributed by atoms with Gasteiger partial charge in [0.1, 0.15) is 6.04 Å². The van der Waals surface area contributed by atoms with Gasteiger partial charge in [-0.05, 0) is 92.0 Å². The maximum absolute atomic E-state index is 13.3. The highest BCUT2D eigenvalue weighted by Gasteiger charge is 2.41. The molecule has 3 aromatic carbocycles. The molecule has 0 bridgehead atoms. The molecule has 3 saturated heterocycles. The average molecular weight is 577 g/mol. The Bertz CT molecular complexity index is 1450. The van der Waals surface area contributed by atoms with E-state index in [4.69, 9.17) is 0 Å². The summed E-state index contributed by atoms with van der Waals surface area (Å²) in [6.07, 6.45) is 5.54. The molecule has 1 spiro atoms. The van der Waals surface area contributed by atoms with Gasteiger partial charge in [0.2, 0.25) is 11.8 Å². The Balaban J connectivity index is 0.983. The van der Waals surface area contributed by atoms with Gasteiger partial charge in [-0.2, -0.15) is 0 Å². The molecule has 1 unspecified atom stereocenters. The molecule has 7 rings (SSSR count). The Hall–Kier alpha value is -3.81. The first-order valence-corrected chi connectivity index (χ1v) is 15.8.